The molecule has 184 valence electrons. The molecule has 4 N–H and O–H groups in total. The number of benzene rings is 1. The molecule has 5 rings (SSSR count). The normalized spacial score (nSPS) is 25.3. The zero-order valence-electron chi connectivity index (χ0n) is 19.8. The number of aromatic nitrogens is 1. The van der Waals surface area contributed by atoms with Crippen LogP contribution in [0.15, 0.2) is 36.5 Å². The van der Waals surface area contributed by atoms with Crippen LogP contribution >= 0.6 is 0 Å². The van der Waals surface area contributed by atoms with Crippen LogP contribution in [0, 0.1) is 0 Å². The Balaban J connectivity index is 1.26. The number of Topliss-reactive ketones (excluding diaryl/α,β-unsaturated/α-hetero) is 1. The van der Waals surface area contributed by atoms with Crippen molar-refractivity contribution in [2.24, 2.45) is 5.73 Å². The SMILES string of the molecule is CC(=O)c1ccc(N2[C@@H]3CC[C@H]2C[C@@H](NC(=O)c2ccc(C(N)=O)c(NC4CCOC4)c2)C3)nc1. The second-order valence-corrected chi connectivity index (χ2v) is 9.72. The number of fused-ring (bicyclic) bond motifs is 2. The number of primary amides is 1. The highest BCUT2D eigenvalue weighted by Crippen LogP contribution is 2.38. The van der Waals surface area contributed by atoms with Crippen LogP contribution in [-0.4, -0.2) is 60.0 Å². The average molecular weight is 478 g/mol. The van der Waals surface area contributed by atoms with Gasteiger partial charge in [0.15, 0.2) is 5.78 Å². The van der Waals surface area contributed by atoms with Crippen LogP contribution in [0.5, 0.6) is 0 Å². The highest BCUT2D eigenvalue weighted by molar-refractivity contribution is 6.02. The number of pyridine rings is 1. The van der Waals surface area contributed by atoms with Gasteiger partial charge in [-0.15, -0.1) is 0 Å². The molecule has 0 radical (unpaired) electrons. The predicted octanol–water partition coefficient (Wildman–Crippen LogP) is 2.51. The first-order valence-electron chi connectivity index (χ1n) is 12.2. The van der Waals surface area contributed by atoms with Crippen LogP contribution in [0.4, 0.5) is 11.5 Å². The van der Waals surface area contributed by atoms with Gasteiger partial charge in [0.2, 0.25) is 0 Å². The first-order valence-corrected chi connectivity index (χ1v) is 12.2. The summed E-state index contributed by atoms with van der Waals surface area (Å²) >= 11 is 0. The zero-order valence-corrected chi connectivity index (χ0v) is 19.8. The van der Waals surface area contributed by atoms with Crippen molar-refractivity contribution in [2.75, 3.05) is 23.4 Å². The minimum atomic E-state index is -0.535. The van der Waals surface area contributed by atoms with E-state index in [1.165, 1.54) is 6.92 Å². The maximum atomic E-state index is 13.1. The molecular formula is C26H31N5O4. The Bertz CT molecular complexity index is 1120. The van der Waals surface area contributed by atoms with E-state index in [9.17, 15) is 14.4 Å². The maximum absolute atomic E-state index is 13.1. The summed E-state index contributed by atoms with van der Waals surface area (Å²) < 4.78 is 5.41. The van der Waals surface area contributed by atoms with Gasteiger partial charge in [0, 0.05) is 47.7 Å². The Morgan fingerprint density at radius 2 is 1.77 bits per heavy atom. The molecule has 3 aliphatic rings. The summed E-state index contributed by atoms with van der Waals surface area (Å²) in [6.45, 7) is 2.77. The molecule has 1 aromatic heterocycles. The number of nitrogens with one attached hydrogen (secondary N) is 2. The van der Waals surface area contributed by atoms with Crippen LogP contribution in [0.25, 0.3) is 0 Å². The summed E-state index contributed by atoms with van der Waals surface area (Å²) in [6.07, 6.45) is 6.26. The molecule has 2 bridgehead atoms. The number of hydrogen-bond acceptors (Lipinski definition) is 7. The second kappa shape index (κ2) is 9.65. The number of rotatable bonds is 7. The lowest BCUT2D eigenvalue weighted by molar-refractivity contribution is 0.0924. The standard InChI is InChI=1S/C26H31N5O4/c1-15(32)17-3-7-24(28-13-17)31-20-4-5-21(31)12-19(11-20)30-26(34)16-2-6-22(25(27)33)23(10-16)29-18-8-9-35-14-18/h2-3,6-7,10,13,18-21,29H,4-5,8-9,11-12,14H2,1H3,(H2,27,33)(H,30,34)/t18?,19-,20+,21-. The first kappa shape index (κ1) is 23.3. The van der Waals surface area contributed by atoms with E-state index in [-0.39, 0.29) is 23.8 Å². The van der Waals surface area contributed by atoms with Gasteiger partial charge in [0.1, 0.15) is 5.82 Å². The van der Waals surface area contributed by atoms with Crippen LogP contribution in [0.2, 0.25) is 0 Å². The average Bonchev–Trinajstić information content (AvgIpc) is 3.44. The molecule has 3 fully saturated rings. The number of ketones is 1. The van der Waals surface area contributed by atoms with Gasteiger partial charge in [0.25, 0.3) is 11.8 Å². The molecule has 3 saturated heterocycles. The van der Waals surface area contributed by atoms with Gasteiger partial charge in [-0.3, -0.25) is 14.4 Å². The van der Waals surface area contributed by atoms with Crippen LogP contribution in [0.1, 0.15) is 70.1 Å². The van der Waals surface area contributed by atoms with Crippen LogP contribution < -0.4 is 21.3 Å². The number of nitrogens with zero attached hydrogens (tertiary/aromatic N) is 2. The van der Waals surface area contributed by atoms with E-state index >= 15 is 0 Å². The van der Waals surface area contributed by atoms with Crippen molar-refractivity contribution in [1.29, 1.82) is 0 Å². The molecule has 4 atom stereocenters. The van der Waals surface area contributed by atoms with E-state index in [2.05, 4.69) is 20.5 Å². The Kier molecular flexibility index (Phi) is 6.42. The lowest BCUT2D eigenvalue weighted by atomic mass is 9.96. The van der Waals surface area contributed by atoms with Crippen molar-refractivity contribution in [3.8, 4) is 0 Å². The van der Waals surface area contributed by atoms with Gasteiger partial charge in [-0.25, -0.2) is 4.98 Å². The number of carbonyl (C=O) groups is 3. The van der Waals surface area contributed by atoms with Crippen LogP contribution in [-0.2, 0) is 4.74 Å². The van der Waals surface area contributed by atoms with Crippen molar-refractivity contribution >= 4 is 29.1 Å². The summed E-state index contributed by atoms with van der Waals surface area (Å²) in [5.41, 5.74) is 7.58. The number of ether oxygens (including phenoxy) is 1. The summed E-state index contributed by atoms with van der Waals surface area (Å²) in [4.78, 5) is 43.5. The summed E-state index contributed by atoms with van der Waals surface area (Å²) in [7, 11) is 0. The smallest absolute Gasteiger partial charge is 0.251 e. The third-order valence-electron chi connectivity index (χ3n) is 7.32. The molecular weight excluding hydrogens is 446 g/mol. The summed E-state index contributed by atoms with van der Waals surface area (Å²) in [5.74, 6) is 0.203. The fourth-order valence-electron chi connectivity index (χ4n) is 5.57. The van der Waals surface area contributed by atoms with E-state index in [0.717, 1.165) is 37.9 Å². The highest BCUT2D eigenvalue weighted by Gasteiger charge is 2.41. The monoisotopic (exact) mass is 477 g/mol. The highest BCUT2D eigenvalue weighted by atomic mass is 16.5. The molecule has 0 saturated carbocycles. The quantitative estimate of drug-likeness (QED) is 0.523. The zero-order chi connectivity index (χ0) is 24.5. The van der Waals surface area contributed by atoms with Crippen molar-refractivity contribution in [3.63, 3.8) is 0 Å². The lowest BCUT2D eigenvalue weighted by Gasteiger charge is -2.40. The van der Waals surface area contributed by atoms with Gasteiger partial charge < -0.3 is 26.0 Å². The predicted molar refractivity (Wildman–Crippen MR) is 132 cm³/mol. The fraction of sp³-hybridized carbons (Fsp3) is 0.462. The molecule has 3 aliphatic heterocycles. The topological polar surface area (TPSA) is 127 Å². The number of hydrogen-bond donors (Lipinski definition) is 3. The van der Waals surface area contributed by atoms with E-state index in [1.807, 2.05) is 12.1 Å². The third kappa shape index (κ3) is 4.86. The molecule has 4 heterocycles. The van der Waals surface area contributed by atoms with E-state index in [1.54, 1.807) is 24.4 Å². The maximum Gasteiger partial charge on any atom is 0.251 e. The molecule has 0 spiro atoms. The van der Waals surface area contributed by atoms with Crippen LogP contribution in [0.3, 0.4) is 0 Å². The van der Waals surface area contributed by atoms with E-state index in [0.29, 0.717) is 47.7 Å². The van der Waals surface area contributed by atoms with Crippen molar-refractivity contribution in [1.82, 2.24) is 10.3 Å². The molecule has 9 heteroatoms. The summed E-state index contributed by atoms with van der Waals surface area (Å²) in [5, 5.41) is 6.51. The molecule has 0 aliphatic carbocycles. The Labute approximate surface area is 204 Å². The molecule has 1 unspecified atom stereocenters. The Hall–Kier alpha value is -3.46. The summed E-state index contributed by atoms with van der Waals surface area (Å²) in [6, 6.07) is 9.46. The molecule has 9 nitrogen and oxygen atoms in total. The fourth-order valence-corrected chi connectivity index (χ4v) is 5.57. The van der Waals surface area contributed by atoms with Gasteiger partial charge >= 0.3 is 0 Å². The largest absolute Gasteiger partial charge is 0.379 e. The lowest BCUT2D eigenvalue weighted by Crippen LogP contribution is -2.50. The number of anilines is 2. The van der Waals surface area contributed by atoms with Crippen molar-refractivity contribution < 1.29 is 19.1 Å². The molecule has 1 aromatic carbocycles. The Morgan fingerprint density at radius 3 is 2.37 bits per heavy atom. The van der Waals surface area contributed by atoms with Gasteiger partial charge in [-0.2, -0.15) is 0 Å². The molecule has 2 aromatic rings. The Morgan fingerprint density at radius 1 is 1.03 bits per heavy atom. The third-order valence-corrected chi connectivity index (χ3v) is 7.32. The molecule has 35 heavy (non-hydrogen) atoms. The van der Waals surface area contributed by atoms with Crippen molar-refractivity contribution in [3.05, 3.63) is 53.2 Å². The number of carbonyl (C=O) groups excluding carboxylic acids is 3. The minimum Gasteiger partial charge on any atom is -0.379 e. The van der Waals surface area contributed by atoms with Gasteiger partial charge in [0.05, 0.1) is 18.2 Å². The van der Waals surface area contributed by atoms with Gasteiger partial charge in [-0.1, -0.05) is 0 Å². The van der Waals surface area contributed by atoms with Gasteiger partial charge in [-0.05, 0) is 69.4 Å². The first-order chi connectivity index (χ1) is 16.9. The van der Waals surface area contributed by atoms with E-state index in [4.69, 9.17) is 10.5 Å². The second-order valence-electron chi connectivity index (χ2n) is 9.72. The van der Waals surface area contributed by atoms with E-state index < -0.39 is 5.91 Å². The van der Waals surface area contributed by atoms with Crippen molar-refractivity contribution in [2.45, 2.75) is 63.2 Å². The minimum absolute atomic E-state index is 0.00670. The number of amides is 2. The number of piperidine rings is 1. The number of nitrogens with two attached hydrogens (primary N) is 1. The molecule has 2 amide bonds.